The van der Waals surface area contributed by atoms with E-state index in [-0.39, 0.29) is 29.8 Å². The summed E-state index contributed by atoms with van der Waals surface area (Å²) in [4.78, 5) is 8.67. The third-order valence-electron chi connectivity index (χ3n) is 3.89. The lowest BCUT2D eigenvalue weighted by atomic mass is 10.2. The first-order valence-electron chi connectivity index (χ1n) is 8.07. The van der Waals surface area contributed by atoms with E-state index >= 15 is 0 Å². The van der Waals surface area contributed by atoms with E-state index in [4.69, 9.17) is 4.42 Å². The van der Waals surface area contributed by atoms with Gasteiger partial charge in [0.25, 0.3) is 0 Å². The van der Waals surface area contributed by atoms with Crippen LogP contribution in [0.2, 0.25) is 0 Å². The molecule has 0 unspecified atom stereocenters. The van der Waals surface area contributed by atoms with Crippen LogP contribution in [0.3, 0.4) is 0 Å². The summed E-state index contributed by atoms with van der Waals surface area (Å²) in [5.74, 6) is 1.03. The van der Waals surface area contributed by atoms with Crippen LogP contribution in [0.25, 0.3) is 11.5 Å². The Bertz CT molecular complexity index is 719. The molecule has 1 heterocycles. The smallest absolute Gasteiger partial charge is 0.226 e. The molecule has 3 rings (SSSR count). The predicted octanol–water partition coefficient (Wildman–Crippen LogP) is 3.52. The summed E-state index contributed by atoms with van der Waals surface area (Å²) >= 11 is 0. The maximum absolute atomic E-state index is 12.9. The summed E-state index contributed by atoms with van der Waals surface area (Å²) in [5, 5.41) is 6.67. The van der Waals surface area contributed by atoms with Crippen LogP contribution >= 0.6 is 24.0 Å². The molecule has 1 aliphatic carbocycles. The fourth-order valence-electron chi connectivity index (χ4n) is 2.58. The number of rotatable bonds is 5. The average Bonchev–Trinajstić information content (AvgIpc) is 3.26. The topological polar surface area (TPSA) is 62.5 Å². The van der Waals surface area contributed by atoms with Crippen LogP contribution in [-0.2, 0) is 6.42 Å². The van der Waals surface area contributed by atoms with Crippen LogP contribution in [-0.4, -0.2) is 30.6 Å². The fraction of sp³-hybridized carbons (Fsp3) is 0.333. The van der Waals surface area contributed by atoms with Crippen molar-refractivity contribution in [2.45, 2.75) is 25.3 Å². The monoisotopic (exact) mass is 456 g/mol. The van der Waals surface area contributed by atoms with Gasteiger partial charge >= 0.3 is 0 Å². The van der Waals surface area contributed by atoms with E-state index in [1.165, 1.54) is 12.1 Å². The number of halogens is 2. The molecule has 0 fully saturated rings. The van der Waals surface area contributed by atoms with E-state index in [0.29, 0.717) is 24.9 Å². The van der Waals surface area contributed by atoms with Crippen LogP contribution < -0.4 is 10.6 Å². The lowest BCUT2D eigenvalue weighted by Gasteiger charge is -2.16. The zero-order chi connectivity index (χ0) is 16.8. The van der Waals surface area contributed by atoms with E-state index in [0.717, 1.165) is 30.1 Å². The maximum Gasteiger partial charge on any atom is 0.226 e. The second kappa shape index (κ2) is 9.55. The Morgan fingerprint density at radius 3 is 2.68 bits per heavy atom. The minimum atomic E-state index is -0.272. The van der Waals surface area contributed by atoms with Crippen molar-refractivity contribution >= 4 is 29.9 Å². The largest absolute Gasteiger partial charge is 0.444 e. The molecule has 1 aromatic heterocycles. The Morgan fingerprint density at radius 2 is 2.00 bits per heavy atom. The zero-order valence-corrected chi connectivity index (χ0v) is 16.4. The highest BCUT2D eigenvalue weighted by atomic mass is 127. The quantitative estimate of drug-likeness (QED) is 0.313. The van der Waals surface area contributed by atoms with E-state index < -0.39 is 0 Å². The van der Waals surface area contributed by atoms with Gasteiger partial charge in [0, 0.05) is 31.6 Å². The van der Waals surface area contributed by atoms with Gasteiger partial charge in [-0.1, -0.05) is 12.2 Å². The van der Waals surface area contributed by atoms with Gasteiger partial charge in [0.2, 0.25) is 5.89 Å². The summed E-state index contributed by atoms with van der Waals surface area (Å²) in [5.41, 5.74) is 1.61. The van der Waals surface area contributed by atoms with Crippen molar-refractivity contribution in [3.63, 3.8) is 0 Å². The number of aromatic nitrogens is 1. The predicted molar refractivity (Wildman–Crippen MR) is 108 cm³/mol. The van der Waals surface area contributed by atoms with E-state index in [9.17, 15) is 4.39 Å². The number of hydrogen-bond acceptors (Lipinski definition) is 3. The Kier molecular flexibility index (Phi) is 7.42. The molecule has 25 heavy (non-hydrogen) atoms. The van der Waals surface area contributed by atoms with Crippen molar-refractivity contribution < 1.29 is 8.81 Å². The Morgan fingerprint density at radius 1 is 1.28 bits per heavy atom. The number of hydrogen-bond donors (Lipinski definition) is 2. The van der Waals surface area contributed by atoms with Gasteiger partial charge < -0.3 is 15.1 Å². The minimum absolute atomic E-state index is 0. The summed E-state index contributed by atoms with van der Waals surface area (Å²) in [6.07, 6.45) is 8.77. The summed E-state index contributed by atoms with van der Waals surface area (Å²) in [7, 11) is 1.76. The Hall–Kier alpha value is -1.90. The highest BCUT2D eigenvalue weighted by Crippen LogP contribution is 2.19. The van der Waals surface area contributed by atoms with E-state index in [1.54, 1.807) is 25.4 Å². The molecule has 2 N–H and O–H groups in total. The first-order chi connectivity index (χ1) is 11.7. The number of nitrogens with zero attached hydrogens (tertiary/aromatic N) is 2. The lowest BCUT2D eigenvalue weighted by molar-refractivity contribution is 0.571. The van der Waals surface area contributed by atoms with Crippen LogP contribution in [0.4, 0.5) is 4.39 Å². The summed E-state index contributed by atoms with van der Waals surface area (Å²) in [6, 6.07) is 6.53. The van der Waals surface area contributed by atoms with Gasteiger partial charge in [-0.3, -0.25) is 4.99 Å². The molecule has 0 amide bonds. The molecule has 1 aromatic carbocycles. The zero-order valence-electron chi connectivity index (χ0n) is 14.0. The molecule has 1 aliphatic rings. The maximum atomic E-state index is 12.9. The van der Waals surface area contributed by atoms with Crippen LogP contribution in [0, 0.1) is 5.82 Å². The SMILES string of the molecule is CN=C(NCCc1coc(-c2ccc(F)cc2)n1)NC1CC=CC1.I. The van der Waals surface area contributed by atoms with Crippen molar-refractivity contribution in [3.8, 4) is 11.5 Å². The van der Waals surface area contributed by atoms with Crippen molar-refractivity contribution in [3.05, 3.63) is 54.2 Å². The highest BCUT2D eigenvalue weighted by Gasteiger charge is 2.12. The third-order valence-corrected chi connectivity index (χ3v) is 3.89. The molecule has 0 aliphatic heterocycles. The molecule has 2 aromatic rings. The molecule has 0 atom stereocenters. The second-order valence-electron chi connectivity index (χ2n) is 5.68. The molecule has 0 radical (unpaired) electrons. The Balaban J connectivity index is 0.00000225. The Labute approximate surface area is 163 Å². The number of guanidine groups is 1. The van der Waals surface area contributed by atoms with E-state index in [1.807, 2.05) is 0 Å². The fourth-order valence-corrected chi connectivity index (χ4v) is 2.58. The first kappa shape index (κ1) is 19.4. The molecule has 0 spiro atoms. The molecule has 0 bridgehead atoms. The highest BCUT2D eigenvalue weighted by molar-refractivity contribution is 14.0. The van der Waals surface area contributed by atoms with Crippen molar-refractivity contribution in [2.75, 3.05) is 13.6 Å². The first-order valence-corrected chi connectivity index (χ1v) is 8.07. The molecule has 0 saturated carbocycles. The lowest BCUT2D eigenvalue weighted by Crippen LogP contribution is -2.43. The van der Waals surface area contributed by atoms with Gasteiger partial charge in [-0.15, -0.1) is 24.0 Å². The van der Waals surface area contributed by atoms with Gasteiger partial charge in [0.1, 0.15) is 12.1 Å². The molecule has 0 saturated heterocycles. The van der Waals surface area contributed by atoms with E-state index in [2.05, 4.69) is 32.8 Å². The van der Waals surface area contributed by atoms with Crippen LogP contribution in [0.15, 0.2) is 52.1 Å². The number of oxazole rings is 1. The van der Waals surface area contributed by atoms with Crippen molar-refractivity contribution in [1.29, 1.82) is 0 Å². The van der Waals surface area contributed by atoms with Gasteiger partial charge in [0.05, 0.1) is 5.69 Å². The molecule has 5 nitrogen and oxygen atoms in total. The minimum Gasteiger partial charge on any atom is -0.444 e. The summed E-state index contributed by atoms with van der Waals surface area (Å²) < 4.78 is 18.4. The number of benzene rings is 1. The standard InChI is InChI=1S/C18H21FN4O.HI/c1-20-18(23-15-4-2-3-5-15)21-11-10-16-12-24-17(22-16)13-6-8-14(19)9-7-13;/h2-3,6-9,12,15H,4-5,10-11H2,1H3,(H2,20,21,23);1H. The molecule has 134 valence electrons. The van der Waals surface area contributed by atoms with Gasteiger partial charge in [-0.05, 0) is 37.1 Å². The normalized spacial score (nSPS) is 14.4. The second-order valence-corrected chi connectivity index (χ2v) is 5.68. The number of nitrogens with one attached hydrogen (secondary N) is 2. The van der Waals surface area contributed by atoms with Gasteiger partial charge in [0.15, 0.2) is 5.96 Å². The van der Waals surface area contributed by atoms with Crippen LogP contribution in [0.5, 0.6) is 0 Å². The number of aliphatic imine (C=N–C) groups is 1. The molecular formula is C18H22FIN4O. The van der Waals surface area contributed by atoms with Gasteiger partial charge in [-0.25, -0.2) is 9.37 Å². The van der Waals surface area contributed by atoms with Gasteiger partial charge in [-0.2, -0.15) is 0 Å². The van der Waals surface area contributed by atoms with Crippen molar-refractivity contribution in [2.24, 2.45) is 4.99 Å². The summed E-state index contributed by atoms with van der Waals surface area (Å²) in [6.45, 7) is 0.704. The average molecular weight is 456 g/mol. The molecular weight excluding hydrogens is 434 g/mol. The van der Waals surface area contributed by atoms with Crippen LogP contribution in [0.1, 0.15) is 18.5 Å². The molecule has 7 heteroatoms. The van der Waals surface area contributed by atoms with Crippen molar-refractivity contribution in [1.82, 2.24) is 15.6 Å². The third kappa shape index (κ3) is 5.55.